The molecule has 228 valence electrons. The minimum absolute atomic E-state index is 0.520. The number of quaternary nitrogens is 1. The van der Waals surface area contributed by atoms with Gasteiger partial charge in [-0.25, -0.2) is 0 Å². The van der Waals surface area contributed by atoms with E-state index >= 15 is 0 Å². The van der Waals surface area contributed by atoms with Crippen molar-refractivity contribution in [1.29, 1.82) is 0 Å². The summed E-state index contributed by atoms with van der Waals surface area (Å²) in [4.78, 5) is 0. The number of hydrogen-bond acceptors (Lipinski definition) is 3. The Morgan fingerprint density at radius 3 is 1.41 bits per heavy atom. The number of hydrogen-bond donors (Lipinski definition) is 0. The first kappa shape index (κ1) is 36.3. The van der Waals surface area contributed by atoms with Gasteiger partial charge in [-0.3, -0.25) is 0 Å². The summed E-state index contributed by atoms with van der Waals surface area (Å²) in [6, 6.07) is 12.5. The van der Waals surface area contributed by atoms with E-state index in [0.717, 1.165) is 29.9 Å². The van der Waals surface area contributed by atoms with Crippen LogP contribution < -0.4 is 0 Å². The van der Waals surface area contributed by atoms with Crippen LogP contribution in [0.3, 0.4) is 0 Å². The summed E-state index contributed by atoms with van der Waals surface area (Å²) in [5, 5.41) is 0. The van der Waals surface area contributed by atoms with Crippen LogP contribution in [0.5, 0.6) is 0 Å². The molecule has 0 spiro atoms. The molecule has 0 amide bonds. The van der Waals surface area contributed by atoms with E-state index in [2.05, 4.69) is 51.2 Å². The molecule has 2 atom stereocenters. The maximum absolute atomic E-state index is 5.70. The zero-order valence-corrected chi connectivity index (χ0v) is 28.0. The third kappa shape index (κ3) is 15.2. The topological polar surface area (TPSA) is 27.7 Å². The van der Waals surface area contributed by atoms with Crippen molar-refractivity contribution in [1.82, 2.24) is 0 Å². The highest BCUT2D eigenvalue weighted by atomic mass is 28.4. The summed E-state index contributed by atoms with van der Waals surface area (Å²) >= 11 is 0. The molecule has 0 heterocycles. The first-order valence-electron chi connectivity index (χ1n) is 16.6. The van der Waals surface area contributed by atoms with Gasteiger partial charge in [-0.15, -0.1) is 0 Å². The lowest BCUT2D eigenvalue weighted by atomic mass is 9.99. The summed E-state index contributed by atoms with van der Waals surface area (Å²) in [6.45, 7) is 7.00. The van der Waals surface area contributed by atoms with Crippen molar-refractivity contribution in [3.63, 3.8) is 0 Å². The van der Waals surface area contributed by atoms with Crippen LogP contribution in [-0.2, 0) is 13.3 Å². The van der Waals surface area contributed by atoms with E-state index in [4.69, 9.17) is 13.3 Å². The largest absolute Gasteiger partial charge is 0.500 e. The van der Waals surface area contributed by atoms with E-state index in [0.29, 0.717) is 6.04 Å². The molecule has 1 aromatic carbocycles. The average Bonchev–Trinajstić information content (AvgIpc) is 2.96. The average molecular weight is 565 g/mol. The standard InChI is InChI=1S/C34H66NO3Si/c1-7-9-10-11-12-13-14-15-16-17-18-19-20-21-22-26-30-35(3,31-27-32-39(36-4,37-5)38-6)34(8-2)33-28-24-23-25-29-33/h23-25,28-29,34H,7-22,26-27,30-32H2,1-6H3/q+1. The third-order valence-corrected chi connectivity index (χ3v) is 11.8. The van der Waals surface area contributed by atoms with Crippen molar-refractivity contribution in [2.75, 3.05) is 41.5 Å². The zero-order valence-electron chi connectivity index (χ0n) is 27.0. The Labute approximate surface area is 245 Å². The second-order valence-corrected chi connectivity index (χ2v) is 15.1. The van der Waals surface area contributed by atoms with Crippen LogP contribution in [0, 0.1) is 0 Å². The highest BCUT2D eigenvalue weighted by molar-refractivity contribution is 6.60. The summed E-state index contributed by atoms with van der Waals surface area (Å²) in [5.74, 6) is 0. The van der Waals surface area contributed by atoms with Crippen LogP contribution in [-0.4, -0.2) is 54.8 Å². The Morgan fingerprint density at radius 2 is 1.00 bits per heavy atom. The maximum Gasteiger partial charge on any atom is 0.500 e. The Morgan fingerprint density at radius 1 is 0.590 bits per heavy atom. The van der Waals surface area contributed by atoms with Gasteiger partial charge >= 0.3 is 8.80 Å². The van der Waals surface area contributed by atoms with E-state index in [9.17, 15) is 0 Å². The molecule has 0 aromatic heterocycles. The van der Waals surface area contributed by atoms with Crippen molar-refractivity contribution in [3.05, 3.63) is 35.9 Å². The highest BCUT2D eigenvalue weighted by Crippen LogP contribution is 2.32. The van der Waals surface area contributed by atoms with E-state index in [1.807, 2.05) is 0 Å². The number of benzene rings is 1. The van der Waals surface area contributed by atoms with E-state index < -0.39 is 8.80 Å². The molecule has 1 aromatic rings. The van der Waals surface area contributed by atoms with E-state index in [1.54, 1.807) is 21.3 Å². The van der Waals surface area contributed by atoms with Gasteiger partial charge in [-0.05, 0) is 12.8 Å². The van der Waals surface area contributed by atoms with Gasteiger partial charge in [0.25, 0.3) is 0 Å². The molecular formula is C34H66NO3Si+. The van der Waals surface area contributed by atoms with Gasteiger partial charge in [0, 0.05) is 45.8 Å². The lowest BCUT2D eigenvalue weighted by Crippen LogP contribution is -2.50. The lowest BCUT2D eigenvalue weighted by molar-refractivity contribution is -0.940. The second kappa shape index (κ2) is 22.9. The minimum atomic E-state index is -2.53. The molecule has 0 aliphatic heterocycles. The number of rotatable bonds is 27. The van der Waals surface area contributed by atoms with Gasteiger partial charge in [-0.2, -0.15) is 0 Å². The third-order valence-electron chi connectivity index (χ3n) is 8.93. The van der Waals surface area contributed by atoms with Crippen LogP contribution >= 0.6 is 0 Å². The van der Waals surface area contributed by atoms with Gasteiger partial charge < -0.3 is 17.8 Å². The Kier molecular flexibility index (Phi) is 21.3. The predicted octanol–water partition coefficient (Wildman–Crippen LogP) is 10.1. The van der Waals surface area contributed by atoms with Crippen molar-refractivity contribution >= 4 is 8.80 Å². The monoisotopic (exact) mass is 564 g/mol. The fraction of sp³-hybridized carbons (Fsp3) is 0.824. The molecule has 0 radical (unpaired) electrons. The summed E-state index contributed by atoms with van der Waals surface area (Å²) in [5.41, 5.74) is 1.47. The quantitative estimate of drug-likeness (QED) is 0.0604. The van der Waals surface area contributed by atoms with E-state index in [1.165, 1.54) is 115 Å². The summed E-state index contributed by atoms with van der Waals surface area (Å²) < 4.78 is 18.2. The zero-order chi connectivity index (χ0) is 28.7. The summed E-state index contributed by atoms with van der Waals surface area (Å²) in [7, 11) is 5.12. The SMILES string of the molecule is CCCCCCCCCCCCCCCCCC[N+](C)(CCC[Si](OC)(OC)OC)C(CC)c1ccccc1. The molecule has 5 heteroatoms. The van der Waals surface area contributed by atoms with Crippen molar-refractivity contribution in [2.45, 2.75) is 142 Å². The molecule has 39 heavy (non-hydrogen) atoms. The van der Waals surface area contributed by atoms with Gasteiger partial charge in [-0.1, -0.05) is 134 Å². The van der Waals surface area contributed by atoms with Crippen LogP contribution in [0.1, 0.15) is 141 Å². The number of unbranched alkanes of at least 4 members (excludes halogenated alkanes) is 15. The lowest BCUT2D eigenvalue weighted by Gasteiger charge is -2.42. The summed E-state index contributed by atoms with van der Waals surface area (Å²) in [6.07, 6.45) is 24.9. The molecule has 2 unspecified atom stereocenters. The normalized spacial score (nSPS) is 14.4. The molecule has 0 aliphatic carbocycles. The Balaban J connectivity index is 2.37. The number of nitrogens with zero attached hydrogens (tertiary/aromatic N) is 1. The maximum atomic E-state index is 5.70. The van der Waals surface area contributed by atoms with Crippen LogP contribution in [0.2, 0.25) is 6.04 Å². The van der Waals surface area contributed by atoms with Crippen molar-refractivity contribution in [3.8, 4) is 0 Å². The van der Waals surface area contributed by atoms with E-state index in [-0.39, 0.29) is 0 Å². The molecule has 0 saturated carbocycles. The fourth-order valence-electron chi connectivity index (χ4n) is 6.37. The first-order valence-corrected chi connectivity index (χ1v) is 18.5. The fourth-order valence-corrected chi connectivity index (χ4v) is 8.07. The highest BCUT2D eigenvalue weighted by Gasteiger charge is 2.39. The van der Waals surface area contributed by atoms with Crippen LogP contribution in [0.25, 0.3) is 0 Å². The van der Waals surface area contributed by atoms with Crippen molar-refractivity contribution < 1.29 is 17.8 Å². The molecule has 0 N–H and O–H groups in total. The molecule has 4 nitrogen and oxygen atoms in total. The molecule has 0 bridgehead atoms. The Bertz CT molecular complexity index is 661. The molecule has 0 saturated heterocycles. The molecule has 1 rings (SSSR count). The molecule has 0 fully saturated rings. The van der Waals surface area contributed by atoms with Gasteiger partial charge in [0.1, 0.15) is 6.04 Å². The van der Waals surface area contributed by atoms with Gasteiger partial charge in [0.15, 0.2) is 0 Å². The smallest absolute Gasteiger partial charge is 0.377 e. The minimum Gasteiger partial charge on any atom is -0.377 e. The van der Waals surface area contributed by atoms with Gasteiger partial charge in [0.05, 0.1) is 20.1 Å². The second-order valence-electron chi connectivity index (χ2n) is 12.0. The van der Waals surface area contributed by atoms with Crippen molar-refractivity contribution in [2.24, 2.45) is 0 Å². The Hall–Kier alpha value is -0.723. The predicted molar refractivity (Wildman–Crippen MR) is 171 cm³/mol. The first-order chi connectivity index (χ1) is 19.0. The van der Waals surface area contributed by atoms with Crippen LogP contribution in [0.15, 0.2) is 30.3 Å². The molecule has 0 aliphatic rings. The van der Waals surface area contributed by atoms with Gasteiger partial charge in [0.2, 0.25) is 0 Å². The molecular weight excluding hydrogens is 498 g/mol. The van der Waals surface area contributed by atoms with Crippen LogP contribution in [0.4, 0.5) is 0 Å².